The number of hydrogen-bond donors (Lipinski definition) is 0. The maximum absolute atomic E-state index is 11.6. The standard InChI is InChI=1S/C8H10ClN3OS/c1-12-4-2-3-5(12)6-7(13)8(9)11-14-10-6/h5H,2-4H2,1H3. The highest BCUT2D eigenvalue weighted by Gasteiger charge is 2.27. The van der Waals surface area contributed by atoms with Crippen molar-refractivity contribution in [1.82, 2.24) is 13.6 Å². The van der Waals surface area contributed by atoms with Crippen LogP contribution in [-0.4, -0.2) is 27.2 Å². The van der Waals surface area contributed by atoms with Gasteiger partial charge in [-0.1, -0.05) is 11.6 Å². The van der Waals surface area contributed by atoms with E-state index in [1.165, 1.54) is 0 Å². The minimum Gasteiger partial charge on any atom is -0.298 e. The molecule has 2 rings (SSSR count). The van der Waals surface area contributed by atoms with Crippen molar-refractivity contribution >= 4 is 23.3 Å². The molecule has 4 nitrogen and oxygen atoms in total. The molecular weight excluding hydrogens is 222 g/mol. The van der Waals surface area contributed by atoms with E-state index >= 15 is 0 Å². The number of halogens is 1. The molecule has 0 saturated carbocycles. The fourth-order valence-electron chi connectivity index (χ4n) is 1.76. The largest absolute Gasteiger partial charge is 0.298 e. The topological polar surface area (TPSA) is 46.1 Å². The van der Waals surface area contributed by atoms with E-state index in [1.54, 1.807) is 0 Å². The number of hydrogen-bond acceptors (Lipinski definition) is 5. The van der Waals surface area contributed by atoms with Crippen LogP contribution < -0.4 is 5.43 Å². The summed E-state index contributed by atoms with van der Waals surface area (Å²) in [6, 6.07) is 0.124. The van der Waals surface area contributed by atoms with Crippen LogP contribution in [0.1, 0.15) is 24.6 Å². The normalized spacial score (nSPS) is 22.9. The minimum atomic E-state index is -0.218. The van der Waals surface area contributed by atoms with Gasteiger partial charge in [-0.15, -0.1) is 0 Å². The molecule has 2 heterocycles. The summed E-state index contributed by atoms with van der Waals surface area (Å²) >= 11 is 6.67. The van der Waals surface area contributed by atoms with Gasteiger partial charge in [0, 0.05) is 0 Å². The van der Waals surface area contributed by atoms with Gasteiger partial charge in [0.15, 0.2) is 5.15 Å². The summed E-state index contributed by atoms with van der Waals surface area (Å²) in [5.74, 6) is 0. The number of likely N-dealkylation sites (tertiary alicyclic amines) is 1. The Kier molecular flexibility index (Phi) is 2.80. The van der Waals surface area contributed by atoms with Crippen LogP contribution in [0.5, 0.6) is 0 Å². The molecule has 0 aromatic carbocycles. The highest BCUT2D eigenvalue weighted by atomic mass is 35.5. The Labute approximate surface area is 90.8 Å². The molecule has 14 heavy (non-hydrogen) atoms. The molecule has 0 amide bonds. The fourth-order valence-corrected chi connectivity index (χ4v) is 2.43. The third-order valence-electron chi connectivity index (χ3n) is 2.52. The molecule has 1 aliphatic rings. The lowest BCUT2D eigenvalue weighted by Gasteiger charge is -2.16. The molecule has 0 bridgehead atoms. The first-order valence-corrected chi connectivity index (χ1v) is 5.53. The Morgan fingerprint density at radius 2 is 2.36 bits per heavy atom. The van der Waals surface area contributed by atoms with E-state index in [-0.39, 0.29) is 16.6 Å². The number of aromatic nitrogens is 2. The summed E-state index contributed by atoms with van der Waals surface area (Å²) in [6.45, 7) is 1.01. The number of rotatable bonds is 1. The van der Waals surface area contributed by atoms with Crippen molar-refractivity contribution in [2.45, 2.75) is 18.9 Å². The lowest BCUT2D eigenvalue weighted by Crippen LogP contribution is -2.24. The van der Waals surface area contributed by atoms with Gasteiger partial charge in [0.05, 0.1) is 17.8 Å². The van der Waals surface area contributed by atoms with Crippen molar-refractivity contribution in [3.05, 3.63) is 21.1 Å². The lowest BCUT2D eigenvalue weighted by atomic mass is 10.1. The first kappa shape index (κ1) is 10.0. The molecule has 1 saturated heterocycles. The van der Waals surface area contributed by atoms with Crippen LogP contribution in [0.4, 0.5) is 0 Å². The van der Waals surface area contributed by atoms with E-state index < -0.39 is 0 Å². The second kappa shape index (κ2) is 3.92. The molecule has 0 aliphatic carbocycles. The molecular formula is C8H10ClN3OS. The van der Waals surface area contributed by atoms with Gasteiger partial charge < -0.3 is 0 Å². The van der Waals surface area contributed by atoms with Crippen molar-refractivity contribution in [2.75, 3.05) is 13.6 Å². The Balaban J connectivity index is 2.41. The van der Waals surface area contributed by atoms with Gasteiger partial charge in [0.2, 0.25) is 5.43 Å². The fraction of sp³-hybridized carbons (Fsp3) is 0.625. The Bertz CT molecular complexity index is 394. The van der Waals surface area contributed by atoms with Gasteiger partial charge in [-0.25, -0.2) is 0 Å². The quantitative estimate of drug-likeness (QED) is 0.732. The SMILES string of the molecule is CN1CCCC1c1nsnc(Cl)c1=O. The van der Waals surface area contributed by atoms with Crippen LogP contribution in [0.15, 0.2) is 4.79 Å². The van der Waals surface area contributed by atoms with E-state index in [1.807, 2.05) is 7.05 Å². The maximum Gasteiger partial charge on any atom is 0.240 e. The molecule has 0 N–H and O–H groups in total. The zero-order valence-corrected chi connectivity index (χ0v) is 9.31. The highest BCUT2D eigenvalue weighted by molar-refractivity contribution is 6.99. The summed E-state index contributed by atoms with van der Waals surface area (Å²) in [7, 11) is 2.00. The Hall–Kier alpha value is -0.520. The second-order valence-electron chi connectivity index (χ2n) is 3.41. The zero-order valence-electron chi connectivity index (χ0n) is 7.73. The van der Waals surface area contributed by atoms with Gasteiger partial charge in [0.1, 0.15) is 5.69 Å². The molecule has 0 spiro atoms. The minimum absolute atomic E-state index is 0.0419. The molecule has 1 aromatic heterocycles. The van der Waals surface area contributed by atoms with Gasteiger partial charge in [-0.05, 0) is 26.4 Å². The molecule has 6 heteroatoms. The van der Waals surface area contributed by atoms with Crippen LogP contribution in [-0.2, 0) is 0 Å². The van der Waals surface area contributed by atoms with Crippen LogP contribution in [0.25, 0.3) is 0 Å². The Morgan fingerprint density at radius 1 is 1.57 bits per heavy atom. The van der Waals surface area contributed by atoms with E-state index in [9.17, 15) is 4.79 Å². The maximum atomic E-state index is 11.6. The van der Waals surface area contributed by atoms with Crippen molar-refractivity contribution in [1.29, 1.82) is 0 Å². The van der Waals surface area contributed by atoms with Gasteiger partial charge in [0.25, 0.3) is 0 Å². The molecule has 76 valence electrons. The van der Waals surface area contributed by atoms with E-state index in [4.69, 9.17) is 11.6 Å². The highest BCUT2D eigenvalue weighted by Crippen LogP contribution is 2.27. The first-order valence-electron chi connectivity index (χ1n) is 4.42. The van der Waals surface area contributed by atoms with E-state index in [2.05, 4.69) is 13.6 Å². The predicted octanol–water partition coefficient (Wildman–Crippen LogP) is 1.32. The van der Waals surface area contributed by atoms with Gasteiger partial charge >= 0.3 is 0 Å². The molecule has 1 atom stereocenters. The summed E-state index contributed by atoms with van der Waals surface area (Å²) in [5.41, 5.74) is 0.333. The van der Waals surface area contributed by atoms with Gasteiger partial charge in [-0.2, -0.15) is 8.75 Å². The van der Waals surface area contributed by atoms with Gasteiger partial charge in [-0.3, -0.25) is 9.69 Å². The summed E-state index contributed by atoms with van der Waals surface area (Å²) in [4.78, 5) is 13.8. The van der Waals surface area contributed by atoms with Crippen molar-refractivity contribution in [2.24, 2.45) is 0 Å². The van der Waals surface area contributed by atoms with Crippen LogP contribution in [0.2, 0.25) is 5.15 Å². The molecule has 1 aliphatic heterocycles. The summed E-state index contributed by atoms with van der Waals surface area (Å²) < 4.78 is 7.76. The second-order valence-corrected chi connectivity index (χ2v) is 4.29. The summed E-state index contributed by atoms with van der Waals surface area (Å²) in [6.07, 6.45) is 2.08. The lowest BCUT2D eigenvalue weighted by molar-refractivity contribution is 0.311. The van der Waals surface area contributed by atoms with Crippen molar-refractivity contribution in [3.8, 4) is 0 Å². The van der Waals surface area contributed by atoms with Crippen molar-refractivity contribution < 1.29 is 0 Å². The third kappa shape index (κ3) is 1.67. The van der Waals surface area contributed by atoms with Crippen molar-refractivity contribution in [3.63, 3.8) is 0 Å². The molecule has 1 unspecified atom stereocenters. The summed E-state index contributed by atoms with van der Waals surface area (Å²) in [5, 5.41) is 0.0419. The van der Waals surface area contributed by atoms with Crippen LogP contribution in [0.3, 0.4) is 0 Å². The Morgan fingerprint density at radius 3 is 3.00 bits per heavy atom. The van der Waals surface area contributed by atoms with E-state index in [0.717, 1.165) is 31.1 Å². The predicted molar refractivity (Wildman–Crippen MR) is 55.8 cm³/mol. The first-order chi connectivity index (χ1) is 6.70. The molecule has 0 radical (unpaired) electrons. The van der Waals surface area contributed by atoms with E-state index in [0.29, 0.717) is 5.69 Å². The smallest absolute Gasteiger partial charge is 0.240 e. The van der Waals surface area contributed by atoms with Crippen LogP contribution >= 0.6 is 23.3 Å². The number of nitrogens with zero attached hydrogens (tertiary/aromatic N) is 3. The zero-order chi connectivity index (χ0) is 10.1. The molecule has 1 fully saturated rings. The average molecular weight is 232 g/mol. The molecule has 1 aromatic rings. The third-order valence-corrected chi connectivity index (χ3v) is 3.42. The van der Waals surface area contributed by atoms with Crippen LogP contribution in [0, 0.1) is 0 Å². The average Bonchev–Trinajstić information content (AvgIpc) is 2.57. The monoisotopic (exact) mass is 231 g/mol.